The van der Waals surface area contributed by atoms with E-state index in [-0.39, 0.29) is 5.75 Å². The number of aromatic hydroxyl groups is 1. The maximum atomic E-state index is 9.51. The molecule has 0 atom stereocenters. The van der Waals surface area contributed by atoms with Gasteiger partial charge in [0.1, 0.15) is 5.75 Å². The summed E-state index contributed by atoms with van der Waals surface area (Å²) in [7, 11) is 0. The van der Waals surface area contributed by atoms with E-state index < -0.39 is 0 Å². The number of unbranched alkanes of at least 4 members (excludes halogenated alkanes) is 2. The minimum absolute atomic E-state index is 0.191. The van der Waals surface area contributed by atoms with Crippen molar-refractivity contribution in [3.63, 3.8) is 0 Å². The third-order valence-electron chi connectivity index (χ3n) is 4.05. The molecule has 2 aromatic carbocycles. The van der Waals surface area contributed by atoms with Crippen LogP contribution in [0.25, 0.3) is 0 Å². The molecule has 0 aromatic heterocycles. The molecular weight excluding hydrogens is 298 g/mol. The first-order valence-corrected chi connectivity index (χ1v) is 8.76. The fraction of sp³-hybridized carbons (Fsp3) is 0.400. The number of benzene rings is 2. The lowest BCUT2D eigenvalue weighted by atomic mass is 9.98. The number of rotatable bonds is 8. The summed E-state index contributed by atoms with van der Waals surface area (Å²) in [6.45, 7) is 4.36. The summed E-state index contributed by atoms with van der Waals surface area (Å²) in [6.07, 6.45) is 6.45. The van der Waals surface area contributed by atoms with Crippen LogP contribution in [0.3, 0.4) is 0 Å². The van der Waals surface area contributed by atoms with Crippen LogP contribution in [-0.2, 0) is 12.8 Å². The molecule has 0 aliphatic heterocycles. The molecule has 0 bridgehead atoms. The summed E-state index contributed by atoms with van der Waals surface area (Å²) >= 11 is 0. The average Bonchev–Trinajstić information content (AvgIpc) is 2.58. The first kappa shape index (κ1) is 18.0. The standard InChI is InChI=1S/C20H27N3O/c1-3-5-8-15-12-18(13-16(20(15)21)9-6-4-2)23-22-17-10-7-11-19(24)14-17/h7,10-14,24H,3-6,8-9,21H2,1-2H3. The van der Waals surface area contributed by atoms with Gasteiger partial charge in [0, 0.05) is 11.8 Å². The Morgan fingerprint density at radius 2 is 1.46 bits per heavy atom. The molecule has 3 N–H and O–H groups in total. The molecule has 0 saturated heterocycles. The first-order valence-electron chi connectivity index (χ1n) is 8.76. The number of hydrogen-bond acceptors (Lipinski definition) is 4. The van der Waals surface area contributed by atoms with Gasteiger partial charge in [0.25, 0.3) is 0 Å². The summed E-state index contributed by atoms with van der Waals surface area (Å²) in [4.78, 5) is 0. The van der Waals surface area contributed by atoms with E-state index in [1.807, 2.05) is 18.2 Å². The second-order valence-electron chi connectivity index (χ2n) is 6.10. The van der Waals surface area contributed by atoms with Crippen molar-refractivity contribution >= 4 is 17.1 Å². The van der Waals surface area contributed by atoms with Gasteiger partial charge in [0.2, 0.25) is 0 Å². The quantitative estimate of drug-likeness (QED) is 0.456. The van der Waals surface area contributed by atoms with Gasteiger partial charge in [0.15, 0.2) is 0 Å². The summed E-state index contributed by atoms with van der Waals surface area (Å²) in [5, 5.41) is 18.1. The van der Waals surface area contributed by atoms with Crippen molar-refractivity contribution in [1.29, 1.82) is 0 Å². The Kier molecular flexibility index (Phi) is 6.79. The van der Waals surface area contributed by atoms with Crippen molar-refractivity contribution in [2.45, 2.75) is 52.4 Å². The van der Waals surface area contributed by atoms with Crippen molar-refractivity contribution in [2.75, 3.05) is 5.73 Å². The van der Waals surface area contributed by atoms with Crippen LogP contribution in [-0.4, -0.2) is 5.11 Å². The van der Waals surface area contributed by atoms with Gasteiger partial charge in [-0.1, -0.05) is 32.8 Å². The highest BCUT2D eigenvalue weighted by Gasteiger charge is 2.08. The Morgan fingerprint density at radius 3 is 2.00 bits per heavy atom. The van der Waals surface area contributed by atoms with E-state index in [0.29, 0.717) is 5.69 Å². The number of phenolic OH excluding ortho intramolecular Hbond substituents is 1. The Labute approximate surface area is 144 Å². The molecule has 0 heterocycles. The SMILES string of the molecule is CCCCc1cc(N=Nc2cccc(O)c2)cc(CCCC)c1N. The van der Waals surface area contributed by atoms with Crippen molar-refractivity contribution in [3.05, 3.63) is 47.5 Å². The Balaban J connectivity index is 2.30. The third kappa shape index (κ3) is 5.08. The predicted octanol–water partition coefficient (Wildman–Crippen LogP) is 6.08. The molecule has 0 saturated carbocycles. The van der Waals surface area contributed by atoms with Crippen molar-refractivity contribution in [2.24, 2.45) is 10.2 Å². The highest BCUT2D eigenvalue weighted by molar-refractivity contribution is 5.61. The number of azo groups is 1. The van der Waals surface area contributed by atoms with E-state index in [9.17, 15) is 5.11 Å². The molecule has 24 heavy (non-hydrogen) atoms. The zero-order valence-electron chi connectivity index (χ0n) is 14.6. The fourth-order valence-electron chi connectivity index (χ4n) is 2.64. The van der Waals surface area contributed by atoms with Crippen molar-refractivity contribution < 1.29 is 5.11 Å². The van der Waals surface area contributed by atoms with E-state index in [0.717, 1.165) is 61.0 Å². The van der Waals surface area contributed by atoms with Crippen LogP contribution in [0.4, 0.5) is 17.1 Å². The molecule has 4 nitrogen and oxygen atoms in total. The molecule has 0 amide bonds. The van der Waals surface area contributed by atoms with Crippen LogP contribution in [0.1, 0.15) is 50.7 Å². The minimum atomic E-state index is 0.191. The maximum absolute atomic E-state index is 9.51. The summed E-state index contributed by atoms with van der Waals surface area (Å²) in [6, 6.07) is 10.9. The zero-order chi connectivity index (χ0) is 17.4. The van der Waals surface area contributed by atoms with Crippen LogP contribution in [0, 0.1) is 0 Å². The van der Waals surface area contributed by atoms with Crippen molar-refractivity contribution in [1.82, 2.24) is 0 Å². The van der Waals surface area contributed by atoms with Crippen LogP contribution >= 0.6 is 0 Å². The number of nitrogens with zero attached hydrogens (tertiary/aromatic N) is 2. The second kappa shape index (κ2) is 9.06. The molecule has 0 unspecified atom stereocenters. The number of nitrogen functional groups attached to an aromatic ring is 1. The molecule has 0 spiro atoms. The Bertz CT molecular complexity index is 666. The van der Waals surface area contributed by atoms with Gasteiger partial charge >= 0.3 is 0 Å². The number of aryl methyl sites for hydroxylation is 2. The summed E-state index contributed by atoms with van der Waals surface area (Å²) < 4.78 is 0. The molecule has 0 aliphatic rings. The van der Waals surface area contributed by atoms with Gasteiger partial charge in [-0.05, 0) is 61.1 Å². The van der Waals surface area contributed by atoms with Gasteiger partial charge < -0.3 is 10.8 Å². The van der Waals surface area contributed by atoms with Gasteiger partial charge in [0.05, 0.1) is 11.4 Å². The van der Waals surface area contributed by atoms with E-state index >= 15 is 0 Å². The Morgan fingerprint density at radius 1 is 0.875 bits per heavy atom. The molecule has 4 heteroatoms. The van der Waals surface area contributed by atoms with Crippen LogP contribution in [0.2, 0.25) is 0 Å². The number of hydrogen-bond donors (Lipinski definition) is 2. The zero-order valence-corrected chi connectivity index (χ0v) is 14.6. The second-order valence-corrected chi connectivity index (χ2v) is 6.10. The summed E-state index contributed by atoms with van der Waals surface area (Å²) in [5.41, 5.74) is 11.1. The first-order chi connectivity index (χ1) is 11.6. The lowest BCUT2D eigenvalue weighted by Crippen LogP contribution is -2.00. The van der Waals surface area contributed by atoms with E-state index in [1.165, 1.54) is 0 Å². The van der Waals surface area contributed by atoms with Crippen LogP contribution < -0.4 is 5.73 Å². The highest BCUT2D eigenvalue weighted by atomic mass is 16.3. The molecule has 0 radical (unpaired) electrons. The monoisotopic (exact) mass is 325 g/mol. The van der Waals surface area contributed by atoms with Crippen LogP contribution in [0.15, 0.2) is 46.6 Å². The lowest BCUT2D eigenvalue weighted by Gasteiger charge is -2.12. The van der Waals surface area contributed by atoms with E-state index in [4.69, 9.17) is 5.73 Å². The molecule has 0 fully saturated rings. The predicted molar refractivity (Wildman–Crippen MR) is 100 cm³/mol. The van der Waals surface area contributed by atoms with Gasteiger partial charge in [-0.3, -0.25) is 0 Å². The van der Waals surface area contributed by atoms with Gasteiger partial charge in [-0.15, -0.1) is 0 Å². The summed E-state index contributed by atoms with van der Waals surface area (Å²) in [5.74, 6) is 0.191. The fourth-order valence-corrected chi connectivity index (χ4v) is 2.64. The number of nitrogens with two attached hydrogens (primary N) is 1. The van der Waals surface area contributed by atoms with Gasteiger partial charge in [-0.2, -0.15) is 10.2 Å². The third-order valence-corrected chi connectivity index (χ3v) is 4.05. The molecule has 2 rings (SSSR count). The topological polar surface area (TPSA) is 71.0 Å². The van der Waals surface area contributed by atoms with Gasteiger partial charge in [-0.25, -0.2) is 0 Å². The molecule has 0 aliphatic carbocycles. The normalized spacial score (nSPS) is 11.2. The molecule has 2 aromatic rings. The smallest absolute Gasteiger partial charge is 0.117 e. The minimum Gasteiger partial charge on any atom is -0.508 e. The number of phenols is 1. The van der Waals surface area contributed by atoms with E-state index in [2.05, 4.69) is 24.1 Å². The van der Waals surface area contributed by atoms with Crippen molar-refractivity contribution in [3.8, 4) is 5.75 Å². The molecular formula is C20H27N3O. The van der Waals surface area contributed by atoms with E-state index in [1.54, 1.807) is 18.2 Å². The molecule has 128 valence electrons. The number of anilines is 1. The Hall–Kier alpha value is -2.36. The average molecular weight is 325 g/mol. The maximum Gasteiger partial charge on any atom is 0.117 e. The largest absolute Gasteiger partial charge is 0.508 e. The highest BCUT2D eigenvalue weighted by Crippen LogP contribution is 2.29. The lowest BCUT2D eigenvalue weighted by molar-refractivity contribution is 0.475. The van der Waals surface area contributed by atoms with Crippen LogP contribution in [0.5, 0.6) is 5.75 Å².